The molecule has 0 bridgehead atoms. The van der Waals surface area contributed by atoms with Gasteiger partial charge in [0.05, 0.1) is 5.41 Å². The molecular weight excluding hydrogens is 224 g/mol. The highest BCUT2D eigenvalue weighted by Crippen LogP contribution is 2.29. The summed E-state index contributed by atoms with van der Waals surface area (Å²) in [6.07, 6.45) is 1.45. The van der Waals surface area contributed by atoms with E-state index in [4.69, 9.17) is 15.6 Å². The molecule has 0 spiro atoms. The molecule has 0 unspecified atom stereocenters. The molecule has 6 nitrogen and oxygen atoms in total. The highest BCUT2D eigenvalue weighted by atomic mass is 16.5. The molecule has 17 heavy (non-hydrogen) atoms. The fourth-order valence-electron chi connectivity index (χ4n) is 1.94. The van der Waals surface area contributed by atoms with Gasteiger partial charge in [-0.05, 0) is 19.3 Å². The Bertz CT molecular complexity index is 287. The lowest BCUT2D eigenvalue weighted by Crippen LogP contribution is -2.53. The maximum Gasteiger partial charge on any atom is 0.326 e. The fourth-order valence-corrected chi connectivity index (χ4v) is 1.94. The van der Waals surface area contributed by atoms with Gasteiger partial charge in [-0.2, -0.15) is 0 Å². The summed E-state index contributed by atoms with van der Waals surface area (Å²) in [7, 11) is 0. The first-order valence-corrected chi connectivity index (χ1v) is 5.87. The van der Waals surface area contributed by atoms with Crippen molar-refractivity contribution in [3.63, 3.8) is 0 Å². The zero-order valence-corrected chi connectivity index (χ0v) is 10.1. The summed E-state index contributed by atoms with van der Waals surface area (Å²) < 4.78 is 5.20. The number of carboxylic acids is 1. The molecule has 1 fully saturated rings. The number of rotatable bonds is 5. The quantitative estimate of drug-likeness (QED) is 0.617. The lowest BCUT2D eigenvalue weighted by Gasteiger charge is -2.35. The van der Waals surface area contributed by atoms with Gasteiger partial charge in [-0.1, -0.05) is 6.92 Å². The largest absolute Gasteiger partial charge is 0.480 e. The van der Waals surface area contributed by atoms with Gasteiger partial charge < -0.3 is 20.9 Å². The molecule has 1 aliphatic rings. The number of nitrogens with two attached hydrogens (primary N) is 1. The van der Waals surface area contributed by atoms with Crippen molar-refractivity contribution in [3.05, 3.63) is 0 Å². The number of hydrogen-bond acceptors (Lipinski definition) is 4. The number of nitrogens with one attached hydrogen (secondary N) is 1. The Morgan fingerprint density at radius 1 is 1.47 bits per heavy atom. The van der Waals surface area contributed by atoms with Crippen LogP contribution in [0.1, 0.15) is 26.2 Å². The smallest absolute Gasteiger partial charge is 0.326 e. The minimum atomic E-state index is -1.01. The van der Waals surface area contributed by atoms with Gasteiger partial charge in [-0.25, -0.2) is 4.79 Å². The highest BCUT2D eigenvalue weighted by Gasteiger charge is 2.40. The minimum Gasteiger partial charge on any atom is -0.480 e. The number of hydrogen-bond donors (Lipinski definition) is 3. The summed E-state index contributed by atoms with van der Waals surface area (Å²) in [4.78, 5) is 23.0. The Balaban J connectivity index is 2.68. The van der Waals surface area contributed by atoms with E-state index in [1.807, 2.05) is 0 Å². The van der Waals surface area contributed by atoms with Crippen molar-refractivity contribution >= 4 is 11.9 Å². The van der Waals surface area contributed by atoms with Crippen LogP contribution in [-0.2, 0) is 14.3 Å². The molecule has 1 amide bonds. The Kier molecular flexibility index (Phi) is 4.89. The molecule has 1 atom stereocenters. The second kappa shape index (κ2) is 5.97. The van der Waals surface area contributed by atoms with Crippen molar-refractivity contribution in [1.29, 1.82) is 0 Å². The Labute approximate surface area is 101 Å². The fraction of sp³-hybridized carbons (Fsp3) is 0.818. The molecule has 1 heterocycles. The first kappa shape index (κ1) is 13.9. The van der Waals surface area contributed by atoms with Gasteiger partial charge in [-0.15, -0.1) is 0 Å². The van der Waals surface area contributed by atoms with Crippen LogP contribution in [0.25, 0.3) is 0 Å². The molecule has 0 radical (unpaired) electrons. The van der Waals surface area contributed by atoms with E-state index in [0.717, 1.165) is 0 Å². The maximum absolute atomic E-state index is 12.1. The van der Waals surface area contributed by atoms with Crippen LogP contribution in [0.3, 0.4) is 0 Å². The number of ether oxygens (including phenoxy) is 1. The van der Waals surface area contributed by atoms with Gasteiger partial charge in [-0.3, -0.25) is 4.79 Å². The predicted octanol–water partition coefficient (Wildman–Crippen LogP) is -0.279. The molecular formula is C11H20N2O4. The molecule has 1 saturated heterocycles. The van der Waals surface area contributed by atoms with Gasteiger partial charge >= 0.3 is 5.97 Å². The molecule has 0 aliphatic carbocycles. The van der Waals surface area contributed by atoms with Crippen LogP contribution in [-0.4, -0.2) is 42.8 Å². The van der Waals surface area contributed by atoms with Crippen molar-refractivity contribution in [2.75, 3.05) is 19.8 Å². The third-order valence-corrected chi connectivity index (χ3v) is 3.33. The van der Waals surface area contributed by atoms with Gasteiger partial charge in [0.15, 0.2) is 0 Å². The standard InChI is InChI=1S/C11H20N2O4/c1-2-8(9(14)15)13-10(16)11(7-12)3-5-17-6-4-11/h8H,2-7,12H2,1H3,(H,13,16)(H,14,15)/t8-/m1/s1. The van der Waals surface area contributed by atoms with Crippen molar-refractivity contribution in [1.82, 2.24) is 5.32 Å². The van der Waals surface area contributed by atoms with E-state index >= 15 is 0 Å². The third-order valence-electron chi connectivity index (χ3n) is 3.33. The Hall–Kier alpha value is -1.14. The zero-order valence-electron chi connectivity index (χ0n) is 10.1. The monoisotopic (exact) mass is 244 g/mol. The van der Waals surface area contributed by atoms with Gasteiger partial charge in [0.2, 0.25) is 5.91 Å². The second-order valence-corrected chi connectivity index (χ2v) is 4.37. The lowest BCUT2D eigenvalue weighted by molar-refractivity contribution is -0.145. The molecule has 0 aromatic heterocycles. The summed E-state index contributed by atoms with van der Waals surface area (Å²) in [6.45, 7) is 2.93. The zero-order chi connectivity index (χ0) is 12.9. The number of carboxylic acid groups (broad SMARTS) is 1. The summed E-state index contributed by atoms with van der Waals surface area (Å²) in [5.74, 6) is -1.28. The first-order chi connectivity index (χ1) is 8.05. The number of amides is 1. The number of aliphatic carboxylic acids is 1. The van der Waals surface area contributed by atoms with E-state index < -0.39 is 17.4 Å². The molecule has 98 valence electrons. The number of carbonyl (C=O) groups is 2. The average molecular weight is 244 g/mol. The Morgan fingerprint density at radius 2 is 2.06 bits per heavy atom. The SMILES string of the molecule is CC[C@@H](NC(=O)C1(CN)CCOCC1)C(=O)O. The van der Waals surface area contributed by atoms with Crippen LogP contribution in [0.5, 0.6) is 0 Å². The summed E-state index contributed by atoms with van der Waals surface area (Å²) in [6, 6.07) is -0.839. The van der Waals surface area contributed by atoms with E-state index in [0.29, 0.717) is 32.5 Å². The van der Waals surface area contributed by atoms with E-state index in [-0.39, 0.29) is 12.5 Å². The molecule has 6 heteroatoms. The minimum absolute atomic E-state index is 0.220. The van der Waals surface area contributed by atoms with E-state index in [1.54, 1.807) is 6.92 Å². The van der Waals surface area contributed by atoms with Crippen molar-refractivity contribution in [2.24, 2.45) is 11.1 Å². The predicted molar refractivity (Wildman–Crippen MR) is 61.4 cm³/mol. The summed E-state index contributed by atoms with van der Waals surface area (Å²) in [5.41, 5.74) is 5.00. The number of carbonyl (C=O) groups excluding carboxylic acids is 1. The van der Waals surface area contributed by atoms with Crippen LogP contribution in [0.15, 0.2) is 0 Å². The van der Waals surface area contributed by atoms with Crippen LogP contribution in [0.4, 0.5) is 0 Å². The maximum atomic E-state index is 12.1. The highest BCUT2D eigenvalue weighted by molar-refractivity contribution is 5.87. The topological polar surface area (TPSA) is 102 Å². The van der Waals surface area contributed by atoms with Gasteiger partial charge in [0.25, 0.3) is 0 Å². The summed E-state index contributed by atoms with van der Waals surface area (Å²) in [5, 5.41) is 11.5. The molecule has 0 saturated carbocycles. The van der Waals surface area contributed by atoms with E-state index in [1.165, 1.54) is 0 Å². The van der Waals surface area contributed by atoms with Crippen molar-refractivity contribution in [3.8, 4) is 0 Å². The molecule has 0 aromatic rings. The van der Waals surface area contributed by atoms with Crippen molar-refractivity contribution in [2.45, 2.75) is 32.2 Å². The molecule has 0 aromatic carbocycles. The normalized spacial score (nSPS) is 20.6. The van der Waals surface area contributed by atoms with Gasteiger partial charge in [0, 0.05) is 19.8 Å². The summed E-state index contributed by atoms with van der Waals surface area (Å²) >= 11 is 0. The first-order valence-electron chi connectivity index (χ1n) is 5.87. The van der Waals surface area contributed by atoms with Crippen molar-refractivity contribution < 1.29 is 19.4 Å². The molecule has 4 N–H and O–H groups in total. The Morgan fingerprint density at radius 3 is 2.47 bits per heavy atom. The van der Waals surface area contributed by atoms with Crippen LogP contribution < -0.4 is 11.1 Å². The molecule has 1 rings (SSSR count). The second-order valence-electron chi connectivity index (χ2n) is 4.37. The third kappa shape index (κ3) is 3.17. The van der Waals surface area contributed by atoms with Crippen LogP contribution in [0.2, 0.25) is 0 Å². The van der Waals surface area contributed by atoms with E-state index in [9.17, 15) is 9.59 Å². The molecule has 1 aliphatic heterocycles. The van der Waals surface area contributed by atoms with Crippen LogP contribution >= 0.6 is 0 Å². The average Bonchev–Trinajstić information content (AvgIpc) is 2.35. The van der Waals surface area contributed by atoms with Crippen LogP contribution in [0, 0.1) is 5.41 Å². The van der Waals surface area contributed by atoms with E-state index in [2.05, 4.69) is 5.32 Å². The van der Waals surface area contributed by atoms with Gasteiger partial charge in [0.1, 0.15) is 6.04 Å². The lowest BCUT2D eigenvalue weighted by atomic mass is 9.79.